The van der Waals surface area contributed by atoms with Crippen LogP contribution in [0, 0.1) is 0 Å². The molecule has 0 atom stereocenters. The minimum Gasteiger partial charge on any atom is -0.444 e. The highest BCUT2D eigenvalue weighted by Gasteiger charge is 2.28. The summed E-state index contributed by atoms with van der Waals surface area (Å²) in [5, 5.41) is 0.00378. The van der Waals surface area contributed by atoms with Crippen molar-refractivity contribution >= 4 is 50.5 Å². The normalized spacial score (nSPS) is 11.6. The van der Waals surface area contributed by atoms with Crippen molar-refractivity contribution in [2.45, 2.75) is 32.9 Å². The lowest BCUT2D eigenvalue weighted by molar-refractivity contribution is 0.0576. The third-order valence-corrected chi connectivity index (χ3v) is 3.82. The van der Waals surface area contributed by atoms with Crippen LogP contribution in [0.15, 0.2) is 39.7 Å². The van der Waals surface area contributed by atoms with Crippen LogP contribution in [0.1, 0.15) is 26.3 Å². The number of anilines is 1. The Morgan fingerprint density at radius 1 is 1.31 bits per heavy atom. The second-order valence-corrected chi connectivity index (χ2v) is 7.62. The molecule has 0 unspecified atom stereocenters. The Morgan fingerprint density at radius 2 is 2.00 bits per heavy atom. The van der Waals surface area contributed by atoms with E-state index < -0.39 is 11.7 Å². The van der Waals surface area contributed by atoms with Gasteiger partial charge >= 0.3 is 6.09 Å². The average molecular weight is 440 g/mol. The molecule has 3 heterocycles. The Labute approximate surface area is 163 Å². The van der Waals surface area contributed by atoms with E-state index in [2.05, 4.69) is 30.9 Å². The minimum absolute atomic E-state index is 0.00378. The SMILES string of the molecule is CC(C)(C)OC(=O)N(Cc1ccncc1)c1nc(Cl)nc2cc(Br)oc12. The Kier molecular flexibility index (Phi) is 5.15. The molecule has 0 bridgehead atoms. The van der Waals surface area contributed by atoms with Gasteiger partial charge in [0.05, 0.1) is 6.54 Å². The Balaban J connectivity index is 2.09. The highest BCUT2D eigenvalue weighted by Crippen LogP contribution is 2.32. The predicted molar refractivity (Wildman–Crippen MR) is 101 cm³/mol. The van der Waals surface area contributed by atoms with Crippen LogP contribution in [-0.4, -0.2) is 26.6 Å². The molecule has 0 radical (unpaired) electrons. The summed E-state index contributed by atoms with van der Waals surface area (Å²) < 4.78 is 11.6. The molecule has 26 heavy (non-hydrogen) atoms. The van der Waals surface area contributed by atoms with Crippen molar-refractivity contribution in [2.75, 3.05) is 4.90 Å². The zero-order valence-corrected chi connectivity index (χ0v) is 16.7. The third-order valence-electron chi connectivity index (χ3n) is 3.26. The molecule has 9 heteroatoms. The minimum atomic E-state index is -0.673. The summed E-state index contributed by atoms with van der Waals surface area (Å²) in [5.41, 5.74) is 0.989. The molecule has 1 amide bonds. The largest absolute Gasteiger partial charge is 0.444 e. The van der Waals surface area contributed by atoms with Gasteiger partial charge in [0.1, 0.15) is 11.1 Å². The molecule has 0 spiro atoms. The van der Waals surface area contributed by atoms with Gasteiger partial charge in [0.2, 0.25) is 5.28 Å². The smallest absolute Gasteiger partial charge is 0.416 e. The van der Waals surface area contributed by atoms with Crippen LogP contribution in [0.2, 0.25) is 5.28 Å². The maximum absolute atomic E-state index is 12.9. The molecule has 0 aliphatic rings. The molecule has 0 aliphatic carbocycles. The summed E-state index contributed by atoms with van der Waals surface area (Å²) in [5.74, 6) is 0.233. The first kappa shape index (κ1) is 18.6. The number of aromatic nitrogens is 3. The van der Waals surface area contributed by atoms with Gasteiger partial charge in [0.25, 0.3) is 0 Å². The number of halogens is 2. The predicted octanol–water partition coefficient (Wildman–Crippen LogP) is 4.98. The van der Waals surface area contributed by atoms with Crippen LogP contribution in [0.5, 0.6) is 0 Å². The summed E-state index contributed by atoms with van der Waals surface area (Å²) >= 11 is 9.31. The number of nitrogens with zero attached hydrogens (tertiary/aromatic N) is 4. The maximum atomic E-state index is 12.9. The molecule has 0 aliphatic heterocycles. The van der Waals surface area contributed by atoms with Crippen LogP contribution in [0.25, 0.3) is 11.1 Å². The molecule has 0 fully saturated rings. The molecule has 3 aromatic heterocycles. The second kappa shape index (κ2) is 7.20. The molecule has 0 saturated heterocycles. The van der Waals surface area contributed by atoms with Gasteiger partial charge in [-0.3, -0.25) is 9.88 Å². The number of amides is 1. The molecule has 3 rings (SSSR count). The van der Waals surface area contributed by atoms with E-state index in [1.807, 2.05) is 0 Å². The second-order valence-electron chi connectivity index (χ2n) is 6.50. The van der Waals surface area contributed by atoms with Crippen molar-refractivity contribution in [3.8, 4) is 0 Å². The summed E-state index contributed by atoms with van der Waals surface area (Å²) in [6, 6.07) is 5.26. The monoisotopic (exact) mass is 438 g/mol. The zero-order chi connectivity index (χ0) is 18.9. The Hall–Kier alpha value is -2.19. The molecule has 3 aromatic rings. The van der Waals surface area contributed by atoms with Crippen LogP contribution in [0.3, 0.4) is 0 Å². The molecular formula is C17H16BrClN4O3. The number of hydrogen-bond donors (Lipinski definition) is 0. The summed E-state index contributed by atoms with van der Waals surface area (Å²) in [6.07, 6.45) is 2.72. The molecule has 0 aromatic carbocycles. The summed E-state index contributed by atoms with van der Waals surface area (Å²) in [7, 11) is 0. The van der Waals surface area contributed by atoms with E-state index >= 15 is 0 Å². The number of hydrogen-bond acceptors (Lipinski definition) is 6. The Bertz CT molecular complexity index is 940. The molecule has 0 saturated carbocycles. The van der Waals surface area contributed by atoms with E-state index in [0.717, 1.165) is 5.56 Å². The lowest BCUT2D eigenvalue weighted by Crippen LogP contribution is -2.37. The Morgan fingerprint density at radius 3 is 2.65 bits per heavy atom. The van der Waals surface area contributed by atoms with Crippen molar-refractivity contribution in [1.82, 2.24) is 15.0 Å². The third kappa shape index (κ3) is 4.31. The van der Waals surface area contributed by atoms with E-state index in [1.165, 1.54) is 4.90 Å². The van der Waals surface area contributed by atoms with Crippen LogP contribution in [-0.2, 0) is 11.3 Å². The standard InChI is InChI=1S/C17H16BrClN4O3/c1-17(2,3)26-16(24)23(9-10-4-6-20-7-5-10)14-13-11(8-12(18)25-13)21-15(19)22-14/h4-8H,9H2,1-3H3. The number of pyridine rings is 1. The number of fused-ring (bicyclic) bond motifs is 1. The number of ether oxygens (including phenoxy) is 1. The first-order chi connectivity index (χ1) is 12.2. The number of rotatable bonds is 3. The molecular weight excluding hydrogens is 424 g/mol. The highest BCUT2D eigenvalue weighted by atomic mass is 79.9. The summed E-state index contributed by atoms with van der Waals surface area (Å²) in [6.45, 7) is 5.59. The fourth-order valence-corrected chi connectivity index (χ4v) is 2.80. The lowest BCUT2D eigenvalue weighted by Gasteiger charge is -2.26. The van der Waals surface area contributed by atoms with E-state index in [1.54, 1.807) is 51.4 Å². The zero-order valence-electron chi connectivity index (χ0n) is 14.4. The quantitative estimate of drug-likeness (QED) is 0.536. The highest BCUT2D eigenvalue weighted by molar-refractivity contribution is 9.10. The van der Waals surface area contributed by atoms with Gasteiger partial charge < -0.3 is 9.15 Å². The van der Waals surface area contributed by atoms with Gasteiger partial charge in [-0.05, 0) is 66.0 Å². The molecule has 7 nitrogen and oxygen atoms in total. The van der Waals surface area contributed by atoms with E-state index in [9.17, 15) is 4.79 Å². The van der Waals surface area contributed by atoms with Gasteiger partial charge in [0.15, 0.2) is 16.1 Å². The van der Waals surface area contributed by atoms with E-state index in [0.29, 0.717) is 15.8 Å². The fourth-order valence-electron chi connectivity index (χ4n) is 2.25. The first-order valence-electron chi connectivity index (χ1n) is 7.75. The topological polar surface area (TPSA) is 81.4 Å². The van der Waals surface area contributed by atoms with Gasteiger partial charge in [0, 0.05) is 18.5 Å². The van der Waals surface area contributed by atoms with Crippen molar-refractivity contribution in [2.24, 2.45) is 0 Å². The van der Waals surface area contributed by atoms with Gasteiger partial charge in [-0.2, -0.15) is 4.98 Å². The van der Waals surface area contributed by atoms with Gasteiger partial charge in [-0.15, -0.1) is 0 Å². The molecule has 136 valence electrons. The van der Waals surface area contributed by atoms with Crippen molar-refractivity contribution in [1.29, 1.82) is 0 Å². The fraction of sp³-hybridized carbons (Fsp3) is 0.294. The van der Waals surface area contributed by atoms with Crippen LogP contribution < -0.4 is 4.90 Å². The van der Waals surface area contributed by atoms with Gasteiger partial charge in [-0.1, -0.05) is 0 Å². The molecule has 0 N–H and O–H groups in total. The van der Waals surface area contributed by atoms with E-state index in [4.69, 9.17) is 20.8 Å². The maximum Gasteiger partial charge on any atom is 0.416 e. The lowest BCUT2D eigenvalue weighted by atomic mass is 10.2. The van der Waals surface area contributed by atoms with Crippen molar-refractivity contribution in [3.05, 3.63) is 46.1 Å². The van der Waals surface area contributed by atoms with Crippen LogP contribution >= 0.6 is 27.5 Å². The van der Waals surface area contributed by atoms with E-state index in [-0.39, 0.29) is 17.6 Å². The summed E-state index contributed by atoms with van der Waals surface area (Å²) in [4.78, 5) is 26.5. The van der Waals surface area contributed by atoms with Gasteiger partial charge in [-0.25, -0.2) is 9.78 Å². The number of furan rings is 1. The van der Waals surface area contributed by atoms with Crippen molar-refractivity contribution < 1.29 is 13.9 Å². The van der Waals surface area contributed by atoms with Crippen molar-refractivity contribution in [3.63, 3.8) is 0 Å². The number of carbonyl (C=O) groups excluding carboxylic acids is 1. The van der Waals surface area contributed by atoms with Crippen LogP contribution in [0.4, 0.5) is 10.6 Å². The first-order valence-corrected chi connectivity index (χ1v) is 8.92. The number of carbonyl (C=O) groups is 1. The average Bonchev–Trinajstić information content (AvgIpc) is 2.91.